The Balaban J connectivity index is 2.18. The average molecular weight is 233 g/mol. The van der Waals surface area contributed by atoms with E-state index in [1.165, 1.54) is 0 Å². The molecule has 0 saturated carbocycles. The first kappa shape index (κ1) is 11.9. The van der Waals surface area contributed by atoms with E-state index < -0.39 is 0 Å². The highest BCUT2D eigenvalue weighted by molar-refractivity contribution is 5.45. The molecule has 2 rings (SSSR count). The summed E-state index contributed by atoms with van der Waals surface area (Å²) >= 11 is 0. The van der Waals surface area contributed by atoms with Gasteiger partial charge < -0.3 is 11.1 Å². The SMILES string of the molecule is CC(C)CNc1ccc2nc(CCN)cn2n1. The van der Waals surface area contributed by atoms with Crippen molar-refractivity contribution in [3.63, 3.8) is 0 Å². The van der Waals surface area contributed by atoms with Crippen molar-refractivity contribution in [3.05, 3.63) is 24.0 Å². The number of nitrogens with two attached hydrogens (primary N) is 1. The van der Waals surface area contributed by atoms with Gasteiger partial charge in [-0.3, -0.25) is 0 Å². The molecule has 0 aliphatic rings. The molecule has 0 saturated heterocycles. The van der Waals surface area contributed by atoms with E-state index >= 15 is 0 Å². The van der Waals surface area contributed by atoms with Crippen LogP contribution < -0.4 is 11.1 Å². The molecule has 0 bridgehead atoms. The molecule has 0 amide bonds. The maximum Gasteiger partial charge on any atom is 0.153 e. The predicted octanol–water partition coefficient (Wildman–Crippen LogP) is 1.30. The normalized spacial score (nSPS) is 11.3. The maximum absolute atomic E-state index is 5.51. The number of imidazole rings is 1. The van der Waals surface area contributed by atoms with E-state index in [-0.39, 0.29) is 0 Å². The van der Waals surface area contributed by atoms with Crippen LogP contribution in [0.3, 0.4) is 0 Å². The Hall–Kier alpha value is -1.62. The second kappa shape index (κ2) is 5.14. The Bertz CT molecular complexity index is 489. The molecule has 2 aromatic heterocycles. The molecule has 0 spiro atoms. The van der Waals surface area contributed by atoms with Crippen LogP contribution in [0.15, 0.2) is 18.3 Å². The zero-order chi connectivity index (χ0) is 12.3. The smallest absolute Gasteiger partial charge is 0.153 e. The van der Waals surface area contributed by atoms with Crippen LogP contribution in [-0.4, -0.2) is 27.7 Å². The summed E-state index contributed by atoms with van der Waals surface area (Å²) < 4.78 is 1.80. The van der Waals surface area contributed by atoms with Crippen molar-refractivity contribution in [3.8, 4) is 0 Å². The topological polar surface area (TPSA) is 68.2 Å². The van der Waals surface area contributed by atoms with Crippen molar-refractivity contribution in [1.82, 2.24) is 14.6 Å². The predicted molar refractivity (Wildman–Crippen MR) is 69.1 cm³/mol. The first-order valence-corrected chi connectivity index (χ1v) is 5.98. The van der Waals surface area contributed by atoms with E-state index in [9.17, 15) is 0 Å². The summed E-state index contributed by atoms with van der Waals surface area (Å²) in [4.78, 5) is 4.43. The quantitative estimate of drug-likeness (QED) is 0.816. The van der Waals surface area contributed by atoms with Gasteiger partial charge in [-0.05, 0) is 24.6 Å². The number of hydrogen-bond acceptors (Lipinski definition) is 4. The molecule has 17 heavy (non-hydrogen) atoms. The summed E-state index contributed by atoms with van der Waals surface area (Å²) in [5, 5.41) is 7.75. The third kappa shape index (κ3) is 2.94. The highest BCUT2D eigenvalue weighted by Gasteiger charge is 2.03. The molecule has 0 aliphatic heterocycles. The molecule has 0 atom stereocenters. The van der Waals surface area contributed by atoms with Crippen LogP contribution in [0.1, 0.15) is 19.5 Å². The molecule has 0 unspecified atom stereocenters. The molecule has 2 aromatic rings. The number of aromatic nitrogens is 3. The second-order valence-electron chi connectivity index (χ2n) is 4.57. The Morgan fingerprint density at radius 3 is 2.94 bits per heavy atom. The molecular formula is C12H19N5. The van der Waals surface area contributed by atoms with E-state index in [2.05, 4.69) is 29.2 Å². The molecule has 92 valence electrons. The molecule has 0 aliphatic carbocycles. The largest absolute Gasteiger partial charge is 0.368 e. The number of rotatable bonds is 5. The van der Waals surface area contributed by atoms with Crippen molar-refractivity contribution in [2.24, 2.45) is 11.7 Å². The fraction of sp³-hybridized carbons (Fsp3) is 0.500. The Morgan fingerprint density at radius 1 is 1.41 bits per heavy atom. The monoisotopic (exact) mass is 233 g/mol. The fourth-order valence-electron chi connectivity index (χ4n) is 1.60. The maximum atomic E-state index is 5.51. The zero-order valence-electron chi connectivity index (χ0n) is 10.3. The lowest BCUT2D eigenvalue weighted by Gasteiger charge is -2.07. The number of hydrogen-bond donors (Lipinski definition) is 2. The van der Waals surface area contributed by atoms with Gasteiger partial charge in [0.1, 0.15) is 5.82 Å². The summed E-state index contributed by atoms with van der Waals surface area (Å²) in [6, 6.07) is 3.92. The molecule has 3 N–H and O–H groups in total. The minimum Gasteiger partial charge on any atom is -0.368 e. The molecule has 2 heterocycles. The van der Waals surface area contributed by atoms with Crippen LogP contribution >= 0.6 is 0 Å². The van der Waals surface area contributed by atoms with Gasteiger partial charge in [-0.2, -0.15) is 0 Å². The van der Waals surface area contributed by atoms with E-state index in [4.69, 9.17) is 5.73 Å². The Morgan fingerprint density at radius 2 is 2.24 bits per heavy atom. The van der Waals surface area contributed by atoms with E-state index in [1.807, 2.05) is 18.3 Å². The van der Waals surface area contributed by atoms with Crippen LogP contribution in [0, 0.1) is 5.92 Å². The van der Waals surface area contributed by atoms with Gasteiger partial charge in [-0.25, -0.2) is 9.50 Å². The fourth-order valence-corrected chi connectivity index (χ4v) is 1.60. The highest BCUT2D eigenvalue weighted by atomic mass is 15.3. The first-order chi connectivity index (χ1) is 8.19. The number of anilines is 1. The molecule has 0 fully saturated rings. The van der Waals surface area contributed by atoms with Crippen LogP contribution in [0.25, 0.3) is 5.65 Å². The van der Waals surface area contributed by atoms with Gasteiger partial charge in [0.2, 0.25) is 0 Å². The highest BCUT2D eigenvalue weighted by Crippen LogP contribution is 2.08. The van der Waals surface area contributed by atoms with Gasteiger partial charge in [0.15, 0.2) is 5.65 Å². The van der Waals surface area contributed by atoms with Crippen molar-refractivity contribution in [2.75, 3.05) is 18.4 Å². The number of fused-ring (bicyclic) bond motifs is 1. The van der Waals surface area contributed by atoms with Crippen LogP contribution in [0.5, 0.6) is 0 Å². The summed E-state index contributed by atoms with van der Waals surface area (Å²) in [5.41, 5.74) is 7.36. The number of nitrogens with one attached hydrogen (secondary N) is 1. The minimum atomic E-state index is 0.600. The van der Waals surface area contributed by atoms with Crippen molar-refractivity contribution < 1.29 is 0 Å². The van der Waals surface area contributed by atoms with Crippen molar-refractivity contribution >= 4 is 11.5 Å². The lowest BCUT2D eigenvalue weighted by atomic mass is 10.2. The summed E-state index contributed by atoms with van der Waals surface area (Å²) in [5.74, 6) is 1.48. The second-order valence-corrected chi connectivity index (χ2v) is 4.57. The molecule has 0 radical (unpaired) electrons. The molecule has 5 nitrogen and oxygen atoms in total. The van der Waals surface area contributed by atoms with Gasteiger partial charge in [-0.1, -0.05) is 13.8 Å². The van der Waals surface area contributed by atoms with Gasteiger partial charge in [0, 0.05) is 13.0 Å². The summed E-state index contributed by atoms with van der Waals surface area (Å²) in [7, 11) is 0. The standard InChI is InChI=1S/C12H19N5/c1-9(2)7-14-11-3-4-12-15-10(5-6-13)8-17(12)16-11/h3-4,8-9H,5-7,13H2,1-2H3,(H,14,16). The molecule has 5 heteroatoms. The first-order valence-electron chi connectivity index (χ1n) is 5.98. The van der Waals surface area contributed by atoms with Crippen molar-refractivity contribution in [2.45, 2.75) is 20.3 Å². The Labute approximate surface area is 101 Å². The van der Waals surface area contributed by atoms with Crippen molar-refractivity contribution in [1.29, 1.82) is 0 Å². The van der Waals surface area contributed by atoms with Gasteiger partial charge >= 0.3 is 0 Å². The molecular weight excluding hydrogens is 214 g/mol. The minimum absolute atomic E-state index is 0.600. The van der Waals surface area contributed by atoms with Gasteiger partial charge in [0.25, 0.3) is 0 Å². The van der Waals surface area contributed by atoms with Gasteiger partial charge in [-0.15, -0.1) is 5.10 Å². The summed E-state index contributed by atoms with van der Waals surface area (Å²) in [6.07, 6.45) is 2.72. The third-order valence-electron chi connectivity index (χ3n) is 2.46. The summed E-state index contributed by atoms with van der Waals surface area (Å²) in [6.45, 7) is 5.87. The lowest BCUT2D eigenvalue weighted by Crippen LogP contribution is -2.10. The van der Waals surface area contributed by atoms with Gasteiger partial charge in [0.05, 0.1) is 11.9 Å². The van der Waals surface area contributed by atoms with Crippen LogP contribution in [0.2, 0.25) is 0 Å². The lowest BCUT2D eigenvalue weighted by molar-refractivity contribution is 0.685. The van der Waals surface area contributed by atoms with E-state index in [1.54, 1.807) is 4.52 Å². The third-order valence-corrected chi connectivity index (χ3v) is 2.46. The Kier molecular flexibility index (Phi) is 3.58. The van der Waals surface area contributed by atoms with Crippen LogP contribution in [-0.2, 0) is 6.42 Å². The van der Waals surface area contributed by atoms with Crippen LogP contribution in [0.4, 0.5) is 5.82 Å². The van der Waals surface area contributed by atoms with E-state index in [0.717, 1.165) is 30.1 Å². The van der Waals surface area contributed by atoms with E-state index in [0.29, 0.717) is 12.5 Å². The number of nitrogens with zero attached hydrogens (tertiary/aromatic N) is 3. The zero-order valence-corrected chi connectivity index (χ0v) is 10.3. The molecule has 0 aromatic carbocycles. The average Bonchev–Trinajstić information content (AvgIpc) is 2.68.